The monoisotopic (exact) mass is 1920 g/mol. The Morgan fingerprint density at radius 2 is 0.579 bits per heavy atom. The van der Waals surface area contributed by atoms with Gasteiger partial charge in [0.2, 0.25) is 17.7 Å². The van der Waals surface area contributed by atoms with Crippen LogP contribution in [0.15, 0.2) is 299 Å². The fraction of sp³-hybridized carbons (Fsp3) is 0.108. The predicted molar refractivity (Wildman–Crippen MR) is 555 cm³/mol. The number of amides is 3. The van der Waals surface area contributed by atoms with Crippen molar-refractivity contribution in [3.05, 3.63) is 323 Å². The molecule has 0 bridgehead atoms. The lowest BCUT2D eigenvalue weighted by molar-refractivity contribution is -0.117. The molecule has 24 rings (SSSR count). The van der Waals surface area contributed by atoms with Crippen LogP contribution in [0.2, 0.25) is 0 Å². The molecule has 8 aromatic carbocycles. The van der Waals surface area contributed by atoms with Gasteiger partial charge in [-0.15, -0.1) is 0 Å². The molecule has 30 nitrogen and oxygen atoms in total. The first-order chi connectivity index (χ1) is 70.6. The van der Waals surface area contributed by atoms with E-state index >= 15 is 0 Å². The molecule has 0 unspecified atom stereocenters. The number of anilines is 3. The second-order valence-electron chi connectivity index (χ2n) is 36.1. The summed E-state index contributed by atoms with van der Waals surface area (Å²) in [7, 11) is 0. The van der Waals surface area contributed by atoms with E-state index in [0.29, 0.717) is 116 Å². The molecule has 34 heteroatoms. The Morgan fingerprint density at radius 3 is 0.924 bits per heavy atom. The van der Waals surface area contributed by atoms with E-state index in [2.05, 4.69) is 123 Å². The summed E-state index contributed by atoms with van der Waals surface area (Å²) < 4.78 is 55.7. The molecule has 0 saturated heterocycles. The van der Waals surface area contributed by atoms with Crippen molar-refractivity contribution in [2.24, 2.45) is 17.8 Å². The number of pyridine rings is 8. The molecule has 0 atom stereocenters. The Morgan fingerprint density at radius 1 is 0.262 bits per heavy atom. The average molecular weight is 1920 g/mol. The summed E-state index contributed by atoms with van der Waals surface area (Å²) in [6.45, 7) is 12.0. The maximum absolute atomic E-state index is 14.5. The van der Waals surface area contributed by atoms with Gasteiger partial charge < -0.3 is 35.9 Å². The largest absolute Gasteiger partial charge is 0.335 e. The van der Waals surface area contributed by atoms with Crippen LogP contribution in [0, 0.1) is 41.0 Å². The SMILES string of the molecule is CC(C)CC(=O)Nc1cncc(-c2ccc3[nH]nc(-c4nc5c(-c6ccc(F)cc6)cncc5[nH]4)c3c2)c1.CC(C)CC(=O)Nc1cncc(-c2ccc3[nH]nc(-c4nc5c(-c6cccc(F)c6)cncc5[nH]4)c3c2)c1.CC(C)CC(=O)Nc1cncc(-c2ccc3[nH]nc(-c4nc5c(-c6ccccc6F)cncc5[nH]4)c3c2)c1.Fc1cccc(-c2cncc3[nH]c(-c4n[nH]c5ccc(-c6cccnc6)cc45)nc23)c1. The third kappa shape index (κ3) is 19.9. The number of imidazole rings is 4. The van der Waals surface area contributed by atoms with Crippen LogP contribution in [-0.4, -0.2) is 138 Å². The van der Waals surface area contributed by atoms with Crippen LogP contribution in [0.4, 0.5) is 34.6 Å². The quantitative estimate of drug-likeness (QED) is 0.0298. The van der Waals surface area contributed by atoms with Crippen LogP contribution in [0.5, 0.6) is 0 Å². The maximum Gasteiger partial charge on any atom is 0.224 e. The number of hydrogen-bond acceptors (Lipinski definition) is 19. The molecule has 16 aromatic heterocycles. The second kappa shape index (κ2) is 40.0. The first-order valence-electron chi connectivity index (χ1n) is 46.6. The number of benzene rings is 8. The Hall–Kier alpha value is -19.2. The van der Waals surface area contributed by atoms with Crippen LogP contribution in [0.1, 0.15) is 60.8 Å². The summed E-state index contributed by atoms with van der Waals surface area (Å²) in [4.78, 5) is 104. The number of H-pyrrole nitrogens is 8. The maximum atomic E-state index is 14.5. The van der Waals surface area contributed by atoms with Crippen molar-refractivity contribution in [1.29, 1.82) is 0 Å². The van der Waals surface area contributed by atoms with Crippen molar-refractivity contribution in [2.45, 2.75) is 60.8 Å². The zero-order chi connectivity index (χ0) is 99.5. The molecular formula is C111H87F4N27O3. The number of nitrogens with zero attached hydrogens (tertiary/aromatic N) is 16. The van der Waals surface area contributed by atoms with Gasteiger partial charge in [-0.25, -0.2) is 37.5 Å². The van der Waals surface area contributed by atoms with Gasteiger partial charge in [0.05, 0.1) is 121 Å². The summed E-state index contributed by atoms with van der Waals surface area (Å²) >= 11 is 0. The van der Waals surface area contributed by atoms with Crippen molar-refractivity contribution in [2.75, 3.05) is 16.0 Å². The minimum Gasteiger partial charge on any atom is -0.335 e. The molecule has 712 valence electrons. The van der Waals surface area contributed by atoms with Crippen molar-refractivity contribution in [3.63, 3.8) is 0 Å². The van der Waals surface area contributed by atoms with Crippen LogP contribution in [0.25, 0.3) is 223 Å². The number of aromatic amines is 8. The topological polar surface area (TPSA) is 420 Å². The molecule has 3 amide bonds. The highest BCUT2D eigenvalue weighted by molar-refractivity contribution is 6.05. The van der Waals surface area contributed by atoms with Gasteiger partial charge in [0.15, 0.2) is 23.3 Å². The van der Waals surface area contributed by atoms with Gasteiger partial charge in [-0.3, -0.25) is 74.7 Å². The number of rotatable bonds is 21. The van der Waals surface area contributed by atoms with E-state index in [1.54, 1.807) is 135 Å². The van der Waals surface area contributed by atoms with E-state index < -0.39 is 0 Å². The third-order valence-corrected chi connectivity index (χ3v) is 24.2. The first-order valence-corrected chi connectivity index (χ1v) is 46.6. The van der Waals surface area contributed by atoms with E-state index in [1.807, 2.05) is 157 Å². The van der Waals surface area contributed by atoms with E-state index in [4.69, 9.17) is 19.9 Å². The normalized spacial score (nSPS) is 11.5. The lowest BCUT2D eigenvalue weighted by Crippen LogP contribution is -2.13. The molecule has 0 spiro atoms. The van der Waals surface area contributed by atoms with Gasteiger partial charge in [-0.05, 0) is 172 Å². The average Bonchev–Trinajstić information content (AvgIpc) is 2.11. The molecule has 24 aromatic rings. The van der Waals surface area contributed by atoms with Crippen molar-refractivity contribution in [1.82, 2.24) is 121 Å². The number of aromatic nitrogens is 24. The molecule has 0 fully saturated rings. The Balaban J connectivity index is 0.000000114. The van der Waals surface area contributed by atoms with Crippen LogP contribution in [-0.2, 0) is 14.4 Å². The highest BCUT2D eigenvalue weighted by Gasteiger charge is 2.25. The lowest BCUT2D eigenvalue weighted by atomic mass is 10.0. The molecule has 0 aliphatic rings. The predicted octanol–water partition coefficient (Wildman–Crippen LogP) is 24.4. The molecule has 145 heavy (non-hydrogen) atoms. The number of nitrogens with one attached hydrogen (secondary N) is 11. The Labute approximate surface area is 822 Å². The number of carbonyl (C=O) groups is 3. The molecule has 0 aliphatic heterocycles. The molecule has 16 heterocycles. The Kier molecular flexibility index (Phi) is 25.4. The lowest BCUT2D eigenvalue weighted by Gasteiger charge is -2.09. The number of fused-ring (bicyclic) bond motifs is 8. The van der Waals surface area contributed by atoms with Gasteiger partial charge in [0, 0.05) is 147 Å². The van der Waals surface area contributed by atoms with Crippen LogP contribution < -0.4 is 16.0 Å². The summed E-state index contributed by atoms with van der Waals surface area (Å²) in [6, 6.07) is 59.2. The fourth-order valence-corrected chi connectivity index (χ4v) is 17.4. The van der Waals surface area contributed by atoms with E-state index in [0.717, 1.165) is 144 Å². The number of carbonyl (C=O) groups excluding carboxylic acids is 3. The molecule has 0 aliphatic carbocycles. The van der Waals surface area contributed by atoms with Gasteiger partial charge in [-0.1, -0.05) is 126 Å². The van der Waals surface area contributed by atoms with Gasteiger partial charge in [-0.2, -0.15) is 20.4 Å². The first kappa shape index (κ1) is 92.2. The Bertz CT molecular complexity index is 9010. The van der Waals surface area contributed by atoms with E-state index in [9.17, 15) is 31.9 Å². The summed E-state index contributed by atoms with van der Waals surface area (Å²) in [6.07, 6.45) is 28.6. The van der Waals surface area contributed by atoms with Crippen molar-refractivity contribution in [3.8, 4) is 135 Å². The zero-order valence-corrected chi connectivity index (χ0v) is 78.5. The van der Waals surface area contributed by atoms with E-state index in [1.165, 1.54) is 42.5 Å². The minimum absolute atomic E-state index is 0.0362. The minimum atomic E-state index is -0.336. The van der Waals surface area contributed by atoms with Gasteiger partial charge in [0.25, 0.3) is 0 Å². The van der Waals surface area contributed by atoms with Gasteiger partial charge in [0.1, 0.15) is 51.6 Å². The van der Waals surface area contributed by atoms with Crippen LogP contribution in [0.3, 0.4) is 0 Å². The van der Waals surface area contributed by atoms with Crippen molar-refractivity contribution >= 4 is 123 Å². The van der Waals surface area contributed by atoms with Crippen molar-refractivity contribution < 1.29 is 31.9 Å². The molecular weight excluding hydrogens is 1840 g/mol. The second-order valence-corrected chi connectivity index (χ2v) is 36.1. The fourth-order valence-electron chi connectivity index (χ4n) is 17.4. The number of halogens is 4. The van der Waals surface area contributed by atoms with Gasteiger partial charge >= 0.3 is 0 Å². The summed E-state index contributed by atoms with van der Waals surface area (Å²) in [5, 5.41) is 42.7. The third-order valence-electron chi connectivity index (χ3n) is 24.2. The number of hydrogen-bond donors (Lipinski definition) is 11. The molecule has 11 N–H and O–H groups in total. The summed E-state index contributed by atoms with van der Waals surface area (Å²) in [5.74, 6) is 1.77. The standard InChI is InChI=1S/3C29H24FN7O.C24H15FN6/c1-16(2)9-26(38)33-21-10-19(12-31-13-21)18-5-8-24-22(11-18)28(37-36-24)29-34-25-15-32-14-23(27(25)35-29)17-3-6-20(30)7-4-17;1-16(2)8-26(38)33-21-10-19(12-31-13-21)17-6-7-24-22(11-17)28(37-36-24)29-34-25-15-32-14-23(27(25)35-29)18-4-3-5-20(30)9-18;1-16(2)9-26(38)33-19-10-18(12-31-13-19)17-7-8-24-21(11-17)28(37-36-24)29-34-25-15-32-14-22(27(25)35-29)20-5-3-4-6-23(20)30;25-17-5-1-3-15(9-17)19-12-27-13-21-22(19)29-24(28-21)23-18-10-14(6-7-20(18)30-31-23)16-4-2-8-26-11-16/h3-8,10-16H,9H2,1-2H3,(H,33,38)(H,34,35)(H,36,37);3-7,9-16H,8H2,1-2H3,(H,33,38)(H,34,35)(H,36,37);3-8,10-16H,9H2,1-2H3,(H,33,38)(H,34,35)(H,36,37);1-13H,(H,28,29)(H,30,31). The summed E-state index contributed by atoms with van der Waals surface area (Å²) in [5.41, 5.74) is 26.7. The highest BCUT2D eigenvalue weighted by atomic mass is 19.1. The molecule has 0 radical (unpaired) electrons. The van der Waals surface area contributed by atoms with Crippen LogP contribution >= 0.6 is 0 Å². The van der Waals surface area contributed by atoms with E-state index in [-0.39, 0.29) is 58.7 Å². The highest BCUT2D eigenvalue weighted by Crippen LogP contribution is 2.41. The smallest absolute Gasteiger partial charge is 0.224 e. The molecule has 0 saturated carbocycles. The zero-order valence-electron chi connectivity index (χ0n) is 78.5.